The fourth-order valence-electron chi connectivity index (χ4n) is 3.23. The van der Waals surface area contributed by atoms with E-state index in [9.17, 15) is 4.79 Å². The molecule has 2 saturated heterocycles. The Labute approximate surface area is 131 Å². The predicted octanol–water partition coefficient (Wildman–Crippen LogP) is 2.75. The van der Waals surface area contributed by atoms with Gasteiger partial charge in [0.15, 0.2) is 0 Å². The number of amides is 1. The van der Waals surface area contributed by atoms with Crippen LogP contribution in [0.3, 0.4) is 0 Å². The molecule has 0 saturated carbocycles. The number of carbonyl (C=O) groups excluding carboxylic acids is 1. The Morgan fingerprint density at radius 1 is 1.38 bits per heavy atom. The van der Waals surface area contributed by atoms with Crippen molar-refractivity contribution < 1.29 is 4.79 Å². The Balaban J connectivity index is 1.71. The van der Waals surface area contributed by atoms with Crippen molar-refractivity contribution >= 4 is 17.7 Å². The Hall–Kier alpha value is -1.00. The first-order valence-corrected chi connectivity index (χ1v) is 9.06. The van der Waals surface area contributed by atoms with E-state index in [1.807, 2.05) is 11.8 Å². The summed E-state index contributed by atoms with van der Waals surface area (Å²) in [5, 5.41) is 3.44. The molecule has 2 fully saturated rings. The molecule has 21 heavy (non-hydrogen) atoms. The molecule has 2 heterocycles. The van der Waals surface area contributed by atoms with Crippen LogP contribution in [-0.2, 0) is 4.79 Å². The van der Waals surface area contributed by atoms with E-state index in [4.69, 9.17) is 0 Å². The lowest BCUT2D eigenvalue weighted by Gasteiger charge is -2.36. The maximum atomic E-state index is 12.7. The van der Waals surface area contributed by atoms with Gasteiger partial charge in [-0.3, -0.25) is 4.79 Å². The lowest BCUT2D eigenvalue weighted by atomic mass is 10.0. The first-order chi connectivity index (χ1) is 10.2. The minimum Gasteiger partial charge on any atom is -0.334 e. The fourth-order valence-corrected chi connectivity index (χ4v) is 4.31. The Bertz CT molecular complexity index is 482. The van der Waals surface area contributed by atoms with Gasteiger partial charge in [0.05, 0.1) is 6.04 Å². The molecule has 114 valence electrons. The van der Waals surface area contributed by atoms with Gasteiger partial charge in [-0.25, -0.2) is 0 Å². The van der Waals surface area contributed by atoms with Gasteiger partial charge in [-0.05, 0) is 31.9 Å². The summed E-state index contributed by atoms with van der Waals surface area (Å²) in [6.07, 6.45) is 3.01. The van der Waals surface area contributed by atoms with Gasteiger partial charge in [0.1, 0.15) is 0 Å². The number of hydrogen-bond donors (Lipinski definition) is 1. The lowest BCUT2D eigenvalue weighted by Crippen LogP contribution is -2.43. The van der Waals surface area contributed by atoms with Crippen LogP contribution in [0.15, 0.2) is 24.3 Å². The number of hydrogen-bond acceptors (Lipinski definition) is 3. The molecular formula is C17H24N2OS. The minimum absolute atomic E-state index is 0.248. The fraction of sp³-hybridized carbons (Fsp3) is 0.588. The van der Waals surface area contributed by atoms with Gasteiger partial charge in [-0.1, -0.05) is 29.8 Å². The number of carbonyl (C=O) groups is 1. The second-order valence-electron chi connectivity index (χ2n) is 6.09. The minimum atomic E-state index is 0.248. The molecule has 2 aliphatic heterocycles. The Kier molecular flexibility index (Phi) is 4.86. The van der Waals surface area contributed by atoms with Gasteiger partial charge < -0.3 is 10.2 Å². The first-order valence-electron chi connectivity index (χ1n) is 7.91. The van der Waals surface area contributed by atoms with E-state index < -0.39 is 0 Å². The van der Waals surface area contributed by atoms with Crippen molar-refractivity contribution in [1.29, 1.82) is 0 Å². The summed E-state index contributed by atoms with van der Waals surface area (Å²) in [5.74, 6) is 2.40. The third-order valence-electron chi connectivity index (χ3n) is 4.49. The molecule has 1 amide bonds. The van der Waals surface area contributed by atoms with Crippen LogP contribution < -0.4 is 5.32 Å². The molecule has 0 radical (unpaired) electrons. The SMILES string of the molecule is Cc1ccc(C2CSCCN2C(=O)CC2CCCN2)cc1. The Morgan fingerprint density at radius 3 is 2.90 bits per heavy atom. The summed E-state index contributed by atoms with van der Waals surface area (Å²) < 4.78 is 0. The predicted molar refractivity (Wildman–Crippen MR) is 88.6 cm³/mol. The Morgan fingerprint density at radius 2 is 2.19 bits per heavy atom. The second-order valence-corrected chi connectivity index (χ2v) is 7.24. The molecule has 0 aromatic heterocycles. The van der Waals surface area contributed by atoms with Crippen LogP contribution in [-0.4, -0.2) is 41.4 Å². The van der Waals surface area contributed by atoms with Gasteiger partial charge in [0, 0.05) is 30.5 Å². The van der Waals surface area contributed by atoms with Gasteiger partial charge in [-0.2, -0.15) is 11.8 Å². The summed E-state index contributed by atoms with van der Waals surface area (Å²) in [7, 11) is 0. The molecule has 3 nitrogen and oxygen atoms in total. The van der Waals surface area contributed by atoms with E-state index in [0.29, 0.717) is 18.4 Å². The van der Waals surface area contributed by atoms with Crippen molar-refractivity contribution in [1.82, 2.24) is 10.2 Å². The van der Waals surface area contributed by atoms with Crippen molar-refractivity contribution in [3.63, 3.8) is 0 Å². The zero-order valence-corrected chi connectivity index (χ0v) is 13.5. The molecule has 3 rings (SSSR count). The van der Waals surface area contributed by atoms with Gasteiger partial charge in [0.2, 0.25) is 5.91 Å². The van der Waals surface area contributed by atoms with E-state index in [0.717, 1.165) is 31.0 Å². The standard InChI is InChI=1S/C17H24N2OS/c1-13-4-6-14(7-5-13)16-12-21-10-9-19(16)17(20)11-15-3-2-8-18-15/h4-7,15-16,18H,2-3,8-12H2,1H3. The highest BCUT2D eigenvalue weighted by Gasteiger charge is 2.30. The molecular weight excluding hydrogens is 280 g/mol. The van der Waals surface area contributed by atoms with Crippen LogP contribution >= 0.6 is 11.8 Å². The van der Waals surface area contributed by atoms with Crippen molar-refractivity contribution in [2.45, 2.75) is 38.3 Å². The number of aryl methyl sites for hydroxylation is 1. The number of rotatable bonds is 3. The maximum Gasteiger partial charge on any atom is 0.224 e. The van der Waals surface area contributed by atoms with E-state index in [1.54, 1.807) is 0 Å². The van der Waals surface area contributed by atoms with Crippen molar-refractivity contribution in [3.8, 4) is 0 Å². The average Bonchev–Trinajstić information content (AvgIpc) is 3.01. The van der Waals surface area contributed by atoms with E-state index in [1.165, 1.54) is 17.5 Å². The highest BCUT2D eigenvalue weighted by molar-refractivity contribution is 7.99. The average molecular weight is 304 g/mol. The second kappa shape index (κ2) is 6.84. The summed E-state index contributed by atoms with van der Waals surface area (Å²) in [4.78, 5) is 14.8. The smallest absolute Gasteiger partial charge is 0.224 e. The lowest BCUT2D eigenvalue weighted by molar-refractivity contribution is -0.133. The summed E-state index contributed by atoms with van der Waals surface area (Å²) in [5.41, 5.74) is 2.55. The first kappa shape index (κ1) is 14.9. The van der Waals surface area contributed by atoms with Crippen LogP contribution in [0.4, 0.5) is 0 Å². The molecule has 0 bridgehead atoms. The number of benzene rings is 1. The molecule has 2 unspecified atom stereocenters. The van der Waals surface area contributed by atoms with E-state index in [-0.39, 0.29) is 6.04 Å². The molecule has 0 spiro atoms. The molecule has 1 N–H and O–H groups in total. The molecule has 4 heteroatoms. The number of nitrogens with one attached hydrogen (secondary N) is 1. The monoisotopic (exact) mass is 304 g/mol. The van der Waals surface area contributed by atoms with Gasteiger partial charge >= 0.3 is 0 Å². The zero-order valence-electron chi connectivity index (χ0n) is 12.7. The van der Waals surface area contributed by atoms with Crippen molar-refractivity contribution in [2.75, 3.05) is 24.6 Å². The quantitative estimate of drug-likeness (QED) is 0.932. The van der Waals surface area contributed by atoms with Crippen LogP contribution in [0.5, 0.6) is 0 Å². The summed E-state index contributed by atoms with van der Waals surface area (Å²) in [6.45, 7) is 4.05. The highest BCUT2D eigenvalue weighted by atomic mass is 32.2. The zero-order chi connectivity index (χ0) is 14.7. The van der Waals surface area contributed by atoms with Crippen LogP contribution in [0.25, 0.3) is 0 Å². The van der Waals surface area contributed by atoms with Crippen LogP contribution in [0.2, 0.25) is 0 Å². The molecule has 1 aromatic carbocycles. The molecule has 1 aromatic rings. The number of nitrogens with zero attached hydrogens (tertiary/aromatic N) is 1. The summed E-state index contributed by atoms with van der Waals surface area (Å²) >= 11 is 1.96. The molecule has 2 atom stereocenters. The topological polar surface area (TPSA) is 32.3 Å². The highest BCUT2D eigenvalue weighted by Crippen LogP contribution is 2.30. The molecule has 0 aliphatic carbocycles. The summed E-state index contributed by atoms with van der Waals surface area (Å²) in [6, 6.07) is 9.30. The third kappa shape index (κ3) is 3.61. The van der Waals surface area contributed by atoms with Crippen molar-refractivity contribution in [3.05, 3.63) is 35.4 Å². The van der Waals surface area contributed by atoms with Crippen molar-refractivity contribution in [2.24, 2.45) is 0 Å². The van der Waals surface area contributed by atoms with E-state index in [2.05, 4.69) is 41.4 Å². The van der Waals surface area contributed by atoms with Gasteiger partial charge in [0.25, 0.3) is 0 Å². The van der Waals surface area contributed by atoms with Crippen LogP contribution in [0.1, 0.15) is 36.4 Å². The third-order valence-corrected chi connectivity index (χ3v) is 5.52. The number of thioether (sulfide) groups is 1. The normalized spacial score (nSPS) is 26.0. The van der Waals surface area contributed by atoms with Gasteiger partial charge in [-0.15, -0.1) is 0 Å². The molecule has 2 aliphatic rings. The van der Waals surface area contributed by atoms with E-state index >= 15 is 0 Å². The maximum absolute atomic E-state index is 12.7. The largest absolute Gasteiger partial charge is 0.334 e. The van der Waals surface area contributed by atoms with Crippen LogP contribution in [0, 0.1) is 6.92 Å².